The molecule has 6 heteroatoms. The zero-order chi connectivity index (χ0) is 21.9. The molecule has 0 saturated carbocycles. The Labute approximate surface area is 187 Å². The Morgan fingerprint density at radius 2 is 1.32 bits per heavy atom. The van der Waals surface area contributed by atoms with Crippen LogP contribution in [0.15, 0.2) is 78.9 Å². The van der Waals surface area contributed by atoms with Crippen molar-refractivity contribution in [3.8, 4) is 23.0 Å². The van der Waals surface area contributed by atoms with Gasteiger partial charge in [-0.15, -0.1) is 11.8 Å². The third kappa shape index (κ3) is 7.57. The van der Waals surface area contributed by atoms with E-state index in [-0.39, 0.29) is 0 Å². The van der Waals surface area contributed by atoms with Gasteiger partial charge in [0.05, 0.1) is 0 Å². The first kappa shape index (κ1) is 22.6. The lowest BCUT2D eigenvalue weighted by atomic mass is 10.1. The number of para-hydroxylation sites is 1. The third-order valence-electron chi connectivity index (χ3n) is 4.41. The summed E-state index contributed by atoms with van der Waals surface area (Å²) in [4.78, 5) is 11.3. The number of hydrogen-bond acceptors (Lipinski definition) is 5. The molecule has 1 unspecified atom stereocenters. The number of carboxylic acids is 1. The quantitative estimate of drug-likeness (QED) is 0.367. The van der Waals surface area contributed by atoms with Crippen LogP contribution in [-0.2, 0) is 11.2 Å². The predicted octanol–water partition coefficient (Wildman–Crippen LogP) is 5.69. The van der Waals surface area contributed by atoms with E-state index in [1.54, 1.807) is 0 Å². The summed E-state index contributed by atoms with van der Waals surface area (Å²) in [6.07, 6.45) is 0.501. The van der Waals surface area contributed by atoms with Crippen LogP contribution in [-0.4, -0.2) is 35.3 Å². The topological polar surface area (TPSA) is 65.0 Å². The molecule has 3 rings (SSSR count). The molecule has 0 bridgehead atoms. The van der Waals surface area contributed by atoms with Gasteiger partial charge in [-0.3, -0.25) is 4.79 Å². The van der Waals surface area contributed by atoms with Crippen molar-refractivity contribution in [3.05, 3.63) is 84.4 Å². The SMILES string of the molecule is CCSC(Cc1ccc(OCCOc2ccc(Oc3ccccc3)cc2)cc1)C(=O)O. The van der Waals surface area contributed by atoms with E-state index in [9.17, 15) is 9.90 Å². The van der Waals surface area contributed by atoms with Crippen molar-refractivity contribution < 1.29 is 24.1 Å². The Morgan fingerprint density at radius 3 is 1.87 bits per heavy atom. The number of rotatable bonds is 12. The van der Waals surface area contributed by atoms with Gasteiger partial charge in [0.25, 0.3) is 0 Å². The van der Waals surface area contributed by atoms with E-state index in [4.69, 9.17) is 14.2 Å². The molecule has 0 radical (unpaired) electrons. The van der Waals surface area contributed by atoms with Gasteiger partial charge in [0.1, 0.15) is 41.5 Å². The van der Waals surface area contributed by atoms with Gasteiger partial charge in [-0.05, 0) is 66.3 Å². The van der Waals surface area contributed by atoms with Gasteiger partial charge in [-0.25, -0.2) is 0 Å². The van der Waals surface area contributed by atoms with E-state index in [2.05, 4.69) is 0 Å². The molecule has 0 amide bonds. The highest BCUT2D eigenvalue weighted by Gasteiger charge is 2.17. The van der Waals surface area contributed by atoms with Crippen LogP contribution in [0, 0.1) is 0 Å². The fourth-order valence-electron chi connectivity index (χ4n) is 2.90. The molecule has 0 aliphatic carbocycles. The molecule has 1 atom stereocenters. The number of aliphatic carboxylic acids is 1. The summed E-state index contributed by atoms with van der Waals surface area (Å²) in [5.74, 6) is 3.02. The first-order chi connectivity index (χ1) is 15.1. The van der Waals surface area contributed by atoms with Crippen LogP contribution in [0.25, 0.3) is 0 Å². The monoisotopic (exact) mass is 438 g/mol. The van der Waals surface area contributed by atoms with Crippen LogP contribution in [0.3, 0.4) is 0 Å². The average molecular weight is 439 g/mol. The first-order valence-electron chi connectivity index (χ1n) is 10.2. The van der Waals surface area contributed by atoms with Crippen molar-refractivity contribution in [2.75, 3.05) is 19.0 Å². The Hall–Kier alpha value is -3.12. The molecule has 0 aromatic heterocycles. The highest BCUT2D eigenvalue weighted by atomic mass is 32.2. The van der Waals surface area contributed by atoms with E-state index in [1.807, 2.05) is 85.8 Å². The molecule has 162 valence electrons. The Bertz CT molecular complexity index is 926. The summed E-state index contributed by atoms with van der Waals surface area (Å²) in [6, 6.07) is 24.6. The Kier molecular flexibility index (Phi) is 8.67. The molecule has 3 aromatic carbocycles. The average Bonchev–Trinajstić information content (AvgIpc) is 2.79. The van der Waals surface area contributed by atoms with E-state index in [0.29, 0.717) is 19.6 Å². The summed E-state index contributed by atoms with van der Waals surface area (Å²) in [6.45, 7) is 2.78. The lowest BCUT2D eigenvalue weighted by Gasteiger charge is -2.12. The van der Waals surface area contributed by atoms with Crippen LogP contribution in [0.1, 0.15) is 12.5 Å². The summed E-state index contributed by atoms with van der Waals surface area (Å²) >= 11 is 1.44. The van der Waals surface area contributed by atoms with Crippen LogP contribution in [0.4, 0.5) is 0 Å². The second-order valence-electron chi connectivity index (χ2n) is 6.71. The molecule has 1 N–H and O–H groups in total. The van der Waals surface area contributed by atoms with Crippen molar-refractivity contribution in [2.24, 2.45) is 0 Å². The van der Waals surface area contributed by atoms with Gasteiger partial charge in [0.15, 0.2) is 0 Å². The molecule has 0 fully saturated rings. The van der Waals surface area contributed by atoms with Crippen molar-refractivity contribution >= 4 is 17.7 Å². The Morgan fingerprint density at radius 1 is 0.806 bits per heavy atom. The van der Waals surface area contributed by atoms with Crippen LogP contribution < -0.4 is 14.2 Å². The van der Waals surface area contributed by atoms with E-state index >= 15 is 0 Å². The van der Waals surface area contributed by atoms with E-state index < -0.39 is 11.2 Å². The van der Waals surface area contributed by atoms with Crippen LogP contribution in [0.2, 0.25) is 0 Å². The number of benzene rings is 3. The van der Waals surface area contributed by atoms with Gasteiger partial charge in [-0.1, -0.05) is 37.3 Å². The van der Waals surface area contributed by atoms with Crippen molar-refractivity contribution in [1.29, 1.82) is 0 Å². The van der Waals surface area contributed by atoms with Crippen molar-refractivity contribution in [1.82, 2.24) is 0 Å². The summed E-state index contributed by atoms with van der Waals surface area (Å²) in [7, 11) is 0. The van der Waals surface area contributed by atoms with Crippen LogP contribution >= 0.6 is 11.8 Å². The zero-order valence-electron chi connectivity index (χ0n) is 17.4. The van der Waals surface area contributed by atoms with Gasteiger partial charge >= 0.3 is 5.97 Å². The Balaban J connectivity index is 1.40. The van der Waals surface area contributed by atoms with Gasteiger partial charge in [0, 0.05) is 0 Å². The molecule has 0 spiro atoms. The minimum atomic E-state index is -0.774. The lowest BCUT2D eigenvalue weighted by molar-refractivity contribution is -0.136. The molecule has 0 saturated heterocycles. The molecule has 0 aliphatic heterocycles. The third-order valence-corrected chi connectivity index (χ3v) is 5.52. The zero-order valence-corrected chi connectivity index (χ0v) is 18.2. The highest BCUT2D eigenvalue weighted by molar-refractivity contribution is 8.00. The molecular formula is C25H26O5S. The predicted molar refractivity (Wildman–Crippen MR) is 124 cm³/mol. The second kappa shape index (κ2) is 11.9. The smallest absolute Gasteiger partial charge is 0.316 e. The second-order valence-corrected chi connectivity index (χ2v) is 8.19. The maximum atomic E-state index is 11.3. The normalized spacial score (nSPS) is 11.5. The molecule has 5 nitrogen and oxygen atoms in total. The van der Waals surface area contributed by atoms with E-state index in [0.717, 1.165) is 34.3 Å². The number of carbonyl (C=O) groups is 1. The molecule has 0 heterocycles. The molecule has 31 heavy (non-hydrogen) atoms. The summed E-state index contributed by atoms with van der Waals surface area (Å²) < 4.78 is 17.2. The lowest BCUT2D eigenvalue weighted by Crippen LogP contribution is -2.19. The summed E-state index contributed by atoms with van der Waals surface area (Å²) in [5, 5.41) is 8.85. The van der Waals surface area contributed by atoms with Gasteiger partial charge < -0.3 is 19.3 Å². The maximum Gasteiger partial charge on any atom is 0.316 e. The van der Waals surface area contributed by atoms with Crippen LogP contribution in [0.5, 0.6) is 23.0 Å². The number of thioether (sulfide) groups is 1. The molecule has 0 aliphatic rings. The fourth-order valence-corrected chi connectivity index (χ4v) is 3.76. The number of carboxylic acid groups (broad SMARTS) is 1. The minimum Gasteiger partial charge on any atom is -0.490 e. The van der Waals surface area contributed by atoms with Crippen molar-refractivity contribution in [3.63, 3.8) is 0 Å². The highest BCUT2D eigenvalue weighted by Crippen LogP contribution is 2.23. The number of hydrogen-bond donors (Lipinski definition) is 1. The largest absolute Gasteiger partial charge is 0.490 e. The number of ether oxygens (including phenoxy) is 3. The maximum absolute atomic E-state index is 11.3. The van der Waals surface area contributed by atoms with Gasteiger partial charge in [0.2, 0.25) is 0 Å². The molecular weight excluding hydrogens is 412 g/mol. The minimum absolute atomic E-state index is 0.408. The summed E-state index contributed by atoms with van der Waals surface area (Å²) in [5.41, 5.74) is 0.981. The van der Waals surface area contributed by atoms with Crippen molar-refractivity contribution in [2.45, 2.75) is 18.6 Å². The standard InChI is InChI=1S/C25H26O5S/c1-2-31-24(25(26)27)18-19-8-10-20(11-9-19)28-16-17-29-21-12-14-23(15-13-21)30-22-6-4-3-5-7-22/h3-15,24H,2,16-18H2,1H3,(H,26,27). The molecule has 3 aromatic rings. The fraction of sp³-hybridized carbons (Fsp3) is 0.240. The van der Waals surface area contributed by atoms with Gasteiger partial charge in [-0.2, -0.15) is 0 Å². The van der Waals surface area contributed by atoms with E-state index in [1.165, 1.54) is 11.8 Å². The first-order valence-corrected chi connectivity index (χ1v) is 11.2.